The van der Waals surface area contributed by atoms with Crippen LogP contribution in [0, 0.1) is 0 Å². The van der Waals surface area contributed by atoms with E-state index in [0.29, 0.717) is 31.1 Å². The quantitative estimate of drug-likeness (QED) is 0.537. The van der Waals surface area contributed by atoms with Gasteiger partial charge in [-0.25, -0.2) is 8.42 Å². The molecule has 0 fully saturated rings. The molecule has 0 aliphatic rings. The van der Waals surface area contributed by atoms with E-state index in [1.54, 1.807) is 32.9 Å². The summed E-state index contributed by atoms with van der Waals surface area (Å²) in [7, 11) is -3.71. The van der Waals surface area contributed by atoms with Gasteiger partial charge >= 0.3 is 0 Å². The number of carbonyl (C=O) groups excluding carboxylic acids is 1. The third-order valence-corrected chi connectivity index (χ3v) is 6.37. The second-order valence-electron chi connectivity index (χ2n) is 6.51. The van der Waals surface area contributed by atoms with Gasteiger partial charge in [0.15, 0.2) is 0 Å². The molecule has 1 rings (SSSR count). The number of nitrogens with one attached hydrogen (secondary N) is 1. The maximum atomic E-state index is 13.0. The maximum Gasteiger partial charge on any atom is 0.246 e. The number of hydrogen-bond acceptors (Lipinski definition) is 5. The second-order valence-corrected chi connectivity index (χ2v) is 8.41. The highest BCUT2D eigenvalue weighted by Gasteiger charge is 2.26. The van der Waals surface area contributed by atoms with Crippen molar-refractivity contribution in [3.63, 3.8) is 0 Å². The molecule has 0 radical (unpaired) electrons. The molecule has 1 aromatic carbocycles. The van der Waals surface area contributed by atoms with Crippen LogP contribution in [-0.2, 0) is 14.8 Å². The van der Waals surface area contributed by atoms with Crippen molar-refractivity contribution in [1.82, 2.24) is 9.21 Å². The molecule has 8 heteroatoms. The number of anilines is 1. The molecule has 1 aromatic rings. The van der Waals surface area contributed by atoms with Gasteiger partial charge in [-0.1, -0.05) is 27.7 Å². The minimum atomic E-state index is -3.71. The highest BCUT2D eigenvalue weighted by molar-refractivity contribution is 7.89. The molecule has 0 aliphatic carbocycles. The highest BCUT2D eigenvalue weighted by atomic mass is 32.2. The van der Waals surface area contributed by atoms with E-state index in [1.807, 2.05) is 0 Å². The summed E-state index contributed by atoms with van der Waals surface area (Å²) in [6.45, 7) is 12.6. The van der Waals surface area contributed by atoms with Crippen LogP contribution >= 0.6 is 0 Å². The van der Waals surface area contributed by atoms with E-state index in [4.69, 9.17) is 4.74 Å². The van der Waals surface area contributed by atoms with Gasteiger partial charge in [0.1, 0.15) is 10.6 Å². The molecular weight excluding hydrogens is 378 g/mol. The summed E-state index contributed by atoms with van der Waals surface area (Å²) < 4.78 is 32.9. The third kappa shape index (κ3) is 6.76. The van der Waals surface area contributed by atoms with Crippen molar-refractivity contribution in [2.75, 3.05) is 44.6 Å². The zero-order chi connectivity index (χ0) is 21.2. The molecule has 0 aromatic heterocycles. The Hall–Kier alpha value is -1.64. The first-order valence-electron chi connectivity index (χ1n) is 10.1. The van der Waals surface area contributed by atoms with Gasteiger partial charge in [0.05, 0.1) is 13.2 Å². The Morgan fingerprint density at radius 1 is 1.04 bits per heavy atom. The van der Waals surface area contributed by atoms with Crippen molar-refractivity contribution in [1.29, 1.82) is 0 Å². The Bertz CT molecular complexity index is 712. The predicted octanol–water partition coefficient (Wildman–Crippen LogP) is 3.18. The van der Waals surface area contributed by atoms with E-state index in [2.05, 4.69) is 24.1 Å². The summed E-state index contributed by atoms with van der Waals surface area (Å²) in [5.41, 5.74) is 0.451. The van der Waals surface area contributed by atoms with Crippen LogP contribution in [0.5, 0.6) is 5.75 Å². The summed E-state index contributed by atoms with van der Waals surface area (Å²) in [5.74, 6) is 0.142. The lowest BCUT2D eigenvalue weighted by molar-refractivity contribution is -0.117. The number of rotatable bonds is 13. The number of amides is 1. The van der Waals surface area contributed by atoms with Crippen molar-refractivity contribution in [2.45, 2.75) is 52.4 Å². The van der Waals surface area contributed by atoms with Gasteiger partial charge in [0.2, 0.25) is 15.9 Å². The molecule has 0 saturated heterocycles. The number of nitrogens with zero attached hydrogens (tertiary/aromatic N) is 2. The molecule has 0 aliphatic heterocycles. The fraction of sp³-hybridized carbons (Fsp3) is 0.650. The van der Waals surface area contributed by atoms with Gasteiger partial charge in [0.25, 0.3) is 0 Å². The monoisotopic (exact) mass is 413 g/mol. The van der Waals surface area contributed by atoms with Crippen LogP contribution in [0.4, 0.5) is 5.69 Å². The molecule has 28 heavy (non-hydrogen) atoms. The first-order valence-corrected chi connectivity index (χ1v) is 11.6. The van der Waals surface area contributed by atoms with Crippen LogP contribution in [0.2, 0.25) is 0 Å². The van der Waals surface area contributed by atoms with Crippen LogP contribution in [-0.4, -0.2) is 62.9 Å². The molecule has 1 N–H and O–H groups in total. The molecule has 7 nitrogen and oxygen atoms in total. The fourth-order valence-corrected chi connectivity index (χ4v) is 4.69. The normalized spacial score (nSPS) is 11.8. The van der Waals surface area contributed by atoms with Gasteiger partial charge in [-0.3, -0.25) is 9.69 Å². The first-order chi connectivity index (χ1) is 13.3. The van der Waals surface area contributed by atoms with Crippen molar-refractivity contribution >= 4 is 21.6 Å². The zero-order valence-electron chi connectivity index (χ0n) is 17.8. The SMILES string of the molecule is CCCN(CCC)CC(=O)Nc1ccc(OCC)c(S(=O)(=O)N(CC)CC)c1. The van der Waals surface area contributed by atoms with Crippen LogP contribution in [0.3, 0.4) is 0 Å². The van der Waals surface area contributed by atoms with Crippen molar-refractivity contribution in [2.24, 2.45) is 0 Å². The van der Waals surface area contributed by atoms with Gasteiger partial charge in [-0.15, -0.1) is 0 Å². The molecule has 0 unspecified atom stereocenters. The van der Waals surface area contributed by atoms with Crippen molar-refractivity contribution in [3.05, 3.63) is 18.2 Å². The summed E-state index contributed by atoms with van der Waals surface area (Å²) in [6.07, 6.45) is 1.95. The molecule has 0 heterocycles. The maximum absolute atomic E-state index is 13.0. The topological polar surface area (TPSA) is 79.0 Å². The minimum Gasteiger partial charge on any atom is -0.492 e. The average Bonchev–Trinajstić information content (AvgIpc) is 2.64. The summed E-state index contributed by atoms with van der Waals surface area (Å²) in [4.78, 5) is 14.6. The Balaban J connectivity index is 3.11. The number of benzene rings is 1. The van der Waals surface area contributed by atoms with Crippen LogP contribution in [0.15, 0.2) is 23.1 Å². The van der Waals surface area contributed by atoms with E-state index in [-0.39, 0.29) is 17.3 Å². The van der Waals surface area contributed by atoms with Gasteiger partial charge < -0.3 is 10.1 Å². The van der Waals surface area contributed by atoms with E-state index in [0.717, 1.165) is 25.9 Å². The molecule has 0 atom stereocenters. The lowest BCUT2D eigenvalue weighted by atomic mass is 10.3. The Morgan fingerprint density at radius 2 is 1.64 bits per heavy atom. The molecule has 0 spiro atoms. The molecule has 0 bridgehead atoms. The summed E-state index contributed by atoms with van der Waals surface area (Å²) in [6, 6.07) is 4.76. The second kappa shape index (κ2) is 12.0. The Kier molecular flexibility index (Phi) is 10.5. The van der Waals surface area contributed by atoms with Gasteiger partial charge in [-0.05, 0) is 51.1 Å². The largest absolute Gasteiger partial charge is 0.492 e. The van der Waals surface area contributed by atoms with Gasteiger partial charge in [-0.2, -0.15) is 4.31 Å². The van der Waals surface area contributed by atoms with Crippen LogP contribution in [0.1, 0.15) is 47.5 Å². The molecule has 0 saturated carbocycles. The zero-order valence-corrected chi connectivity index (χ0v) is 18.6. The standard InChI is InChI=1S/C20H35N3O4S/c1-6-13-22(14-7-2)16-20(24)21-17-11-12-18(27-10-5)19(15-17)28(25,26)23(8-3)9-4/h11-12,15H,6-10,13-14,16H2,1-5H3,(H,21,24). The van der Waals surface area contributed by atoms with E-state index in [9.17, 15) is 13.2 Å². The van der Waals surface area contributed by atoms with E-state index >= 15 is 0 Å². The van der Waals surface area contributed by atoms with Crippen molar-refractivity contribution < 1.29 is 17.9 Å². The van der Waals surface area contributed by atoms with Crippen LogP contribution in [0.25, 0.3) is 0 Å². The number of carbonyl (C=O) groups is 1. The third-order valence-electron chi connectivity index (χ3n) is 4.30. The molecule has 1 amide bonds. The smallest absolute Gasteiger partial charge is 0.246 e. The fourth-order valence-electron chi connectivity index (χ4n) is 3.07. The lowest BCUT2D eigenvalue weighted by Gasteiger charge is -2.22. The number of hydrogen-bond donors (Lipinski definition) is 1. The summed E-state index contributed by atoms with van der Waals surface area (Å²) in [5, 5.41) is 2.83. The predicted molar refractivity (Wildman–Crippen MR) is 113 cm³/mol. The Labute approximate surface area is 170 Å². The molecule has 160 valence electrons. The van der Waals surface area contributed by atoms with Crippen LogP contribution < -0.4 is 10.1 Å². The number of ether oxygens (including phenoxy) is 1. The first kappa shape index (κ1) is 24.4. The lowest BCUT2D eigenvalue weighted by Crippen LogP contribution is -2.34. The minimum absolute atomic E-state index is 0.0785. The summed E-state index contributed by atoms with van der Waals surface area (Å²) >= 11 is 0. The van der Waals surface area contributed by atoms with Crippen molar-refractivity contribution in [3.8, 4) is 5.75 Å². The van der Waals surface area contributed by atoms with Gasteiger partial charge in [0, 0.05) is 18.8 Å². The van der Waals surface area contributed by atoms with E-state index in [1.165, 1.54) is 10.4 Å². The molecular formula is C20H35N3O4S. The number of sulfonamides is 1. The average molecular weight is 414 g/mol. The highest BCUT2D eigenvalue weighted by Crippen LogP contribution is 2.30. The Morgan fingerprint density at radius 3 is 2.14 bits per heavy atom. The van der Waals surface area contributed by atoms with E-state index < -0.39 is 10.0 Å².